The zero-order chi connectivity index (χ0) is 17.5. The molecule has 1 heterocycles. The second-order valence-corrected chi connectivity index (χ2v) is 8.01. The number of rotatable bonds is 6. The van der Waals surface area contributed by atoms with Gasteiger partial charge in [0, 0.05) is 23.3 Å². The van der Waals surface area contributed by atoms with E-state index in [-0.39, 0.29) is 12.1 Å². The van der Waals surface area contributed by atoms with Gasteiger partial charge in [-0.1, -0.05) is 30.9 Å². The lowest BCUT2D eigenvalue weighted by molar-refractivity contribution is 0.0867. The molecule has 2 fully saturated rings. The van der Waals surface area contributed by atoms with E-state index in [1.807, 2.05) is 30.0 Å². The van der Waals surface area contributed by atoms with Gasteiger partial charge in [-0.3, -0.25) is 0 Å². The molecule has 1 saturated carbocycles. The quantitative estimate of drug-likeness (QED) is 0.768. The molecule has 1 N–H and O–H groups in total. The monoisotopic (exact) mass is 358 g/mol. The summed E-state index contributed by atoms with van der Waals surface area (Å²) in [4.78, 5) is 15.5. The summed E-state index contributed by atoms with van der Waals surface area (Å²) in [7, 11) is 0. The first-order chi connectivity index (χ1) is 12.3. The number of nitrogens with one attached hydrogen (secondary N) is 1. The van der Waals surface area contributed by atoms with Crippen LogP contribution in [0.25, 0.3) is 0 Å². The Hall–Kier alpha value is -1.64. The van der Waals surface area contributed by atoms with E-state index in [0.29, 0.717) is 18.3 Å². The van der Waals surface area contributed by atoms with Crippen LogP contribution in [0.5, 0.6) is 0 Å². The lowest BCUT2D eigenvalue weighted by atomic mass is 10.2. The third-order valence-corrected chi connectivity index (χ3v) is 6.16. The Bertz CT molecular complexity index is 616. The highest BCUT2D eigenvalue weighted by Crippen LogP contribution is 2.38. The van der Waals surface area contributed by atoms with Crippen molar-refractivity contribution in [3.8, 4) is 12.3 Å². The van der Waals surface area contributed by atoms with E-state index in [2.05, 4.69) is 17.3 Å². The molecule has 1 atom stereocenters. The van der Waals surface area contributed by atoms with Gasteiger partial charge >= 0.3 is 6.03 Å². The SMILES string of the molecule is C#CCN(C[C@@H]1CCCO1)C(=O)Nc1ccccc1SC1CCCC1. The molecule has 0 spiro atoms. The van der Waals surface area contributed by atoms with Crippen molar-refractivity contribution in [1.82, 2.24) is 4.90 Å². The number of amides is 2. The molecule has 134 valence electrons. The van der Waals surface area contributed by atoms with Crippen LogP contribution in [0.2, 0.25) is 0 Å². The number of benzene rings is 1. The fraction of sp³-hybridized carbons (Fsp3) is 0.550. The number of carbonyl (C=O) groups is 1. The Morgan fingerprint density at radius 1 is 1.28 bits per heavy atom. The van der Waals surface area contributed by atoms with Gasteiger partial charge in [0.15, 0.2) is 0 Å². The van der Waals surface area contributed by atoms with E-state index in [4.69, 9.17) is 11.2 Å². The molecule has 25 heavy (non-hydrogen) atoms. The topological polar surface area (TPSA) is 41.6 Å². The van der Waals surface area contributed by atoms with Crippen LogP contribution in [-0.2, 0) is 4.74 Å². The average molecular weight is 359 g/mol. The summed E-state index contributed by atoms with van der Waals surface area (Å²) < 4.78 is 5.65. The van der Waals surface area contributed by atoms with Gasteiger partial charge in [-0.15, -0.1) is 18.2 Å². The van der Waals surface area contributed by atoms with Crippen LogP contribution in [0.3, 0.4) is 0 Å². The van der Waals surface area contributed by atoms with Crippen LogP contribution in [0.4, 0.5) is 10.5 Å². The van der Waals surface area contributed by atoms with Crippen molar-refractivity contribution in [2.45, 2.75) is 54.8 Å². The van der Waals surface area contributed by atoms with Crippen molar-refractivity contribution < 1.29 is 9.53 Å². The van der Waals surface area contributed by atoms with Gasteiger partial charge in [-0.25, -0.2) is 4.79 Å². The summed E-state index contributed by atoms with van der Waals surface area (Å²) in [6.45, 7) is 1.62. The van der Waals surface area contributed by atoms with Crippen molar-refractivity contribution in [2.75, 3.05) is 25.0 Å². The fourth-order valence-corrected chi connectivity index (χ4v) is 4.75. The van der Waals surface area contributed by atoms with Gasteiger partial charge in [-0.2, -0.15) is 0 Å². The van der Waals surface area contributed by atoms with Gasteiger partial charge in [0.2, 0.25) is 0 Å². The van der Waals surface area contributed by atoms with E-state index >= 15 is 0 Å². The molecule has 2 aliphatic rings. The maximum atomic E-state index is 12.7. The number of terminal acetylenes is 1. The van der Waals surface area contributed by atoms with Crippen LogP contribution < -0.4 is 5.32 Å². The predicted molar refractivity (Wildman–Crippen MR) is 103 cm³/mol. The first-order valence-corrected chi connectivity index (χ1v) is 10.0. The minimum Gasteiger partial charge on any atom is -0.376 e. The largest absolute Gasteiger partial charge is 0.376 e. The molecule has 1 aliphatic carbocycles. The molecule has 0 aromatic heterocycles. The molecule has 3 rings (SSSR count). The Balaban J connectivity index is 1.64. The summed E-state index contributed by atoms with van der Waals surface area (Å²) in [6, 6.07) is 7.89. The first kappa shape index (κ1) is 18.2. The predicted octanol–water partition coefficient (Wildman–Crippen LogP) is 4.37. The summed E-state index contributed by atoms with van der Waals surface area (Å²) >= 11 is 1.88. The molecule has 0 radical (unpaired) electrons. The van der Waals surface area contributed by atoms with Gasteiger partial charge < -0.3 is 15.0 Å². The maximum Gasteiger partial charge on any atom is 0.322 e. The third-order valence-electron chi connectivity index (χ3n) is 4.74. The number of hydrogen-bond acceptors (Lipinski definition) is 3. The van der Waals surface area contributed by atoms with Crippen molar-refractivity contribution in [1.29, 1.82) is 0 Å². The number of thioether (sulfide) groups is 1. The standard InChI is InChI=1S/C20H26N2O2S/c1-2-13-22(15-16-8-7-14-24-16)20(23)21-18-11-5-6-12-19(18)25-17-9-3-4-10-17/h1,5-6,11-12,16-17H,3-4,7-10,13-15H2,(H,21,23)/t16-/m0/s1. The maximum absolute atomic E-state index is 12.7. The van der Waals surface area contributed by atoms with Gasteiger partial charge in [0.1, 0.15) is 0 Å². The molecule has 1 aromatic carbocycles. The highest BCUT2D eigenvalue weighted by Gasteiger charge is 2.23. The summed E-state index contributed by atoms with van der Waals surface area (Å²) in [5.74, 6) is 2.59. The molecular weight excluding hydrogens is 332 g/mol. The van der Waals surface area contributed by atoms with Crippen molar-refractivity contribution >= 4 is 23.5 Å². The number of ether oxygens (including phenoxy) is 1. The van der Waals surface area contributed by atoms with Crippen molar-refractivity contribution in [3.05, 3.63) is 24.3 Å². The smallest absolute Gasteiger partial charge is 0.322 e. The molecule has 0 bridgehead atoms. The zero-order valence-electron chi connectivity index (χ0n) is 14.6. The summed E-state index contributed by atoms with van der Waals surface area (Å²) in [5.41, 5.74) is 0.874. The minimum atomic E-state index is -0.145. The van der Waals surface area contributed by atoms with Crippen LogP contribution in [-0.4, -0.2) is 42.0 Å². The second-order valence-electron chi connectivity index (χ2n) is 6.67. The third kappa shape index (κ3) is 5.17. The molecule has 2 amide bonds. The van der Waals surface area contributed by atoms with E-state index in [9.17, 15) is 4.79 Å². The molecule has 1 saturated heterocycles. The van der Waals surface area contributed by atoms with Gasteiger partial charge in [-0.05, 0) is 37.8 Å². The number of para-hydroxylation sites is 1. The number of urea groups is 1. The Morgan fingerprint density at radius 3 is 2.80 bits per heavy atom. The van der Waals surface area contributed by atoms with E-state index in [1.54, 1.807) is 4.90 Å². The van der Waals surface area contributed by atoms with Crippen LogP contribution in [0.1, 0.15) is 38.5 Å². The molecular formula is C20H26N2O2S. The summed E-state index contributed by atoms with van der Waals surface area (Å²) in [5, 5.41) is 3.72. The highest BCUT2D eigenvalue weighted by molar-refractivity contribution is 8.00. The second kappa shape index (κ2) is 9.17. The van der Waals surface area contributed by atoms with Crippen molar-refractivity contribution in [2.24, 2.45) is 0 Å². The van der Waals surface area contributed by atoms with E-state index in [1.165, 1.54) is 25.7 Å². The first-order valence-electron chi connectivity index (χ1n) is 9.13. The molecule has 1 aliphatic heterocycles. The zero-order valence-corrected chi connectivity index (χ0v) is 15.4. The van der Waals surface area contributed by atoms with E-state index < -0.39 is 0 Å². The van der Waals surface area contributed by atoms with Crippen LogP contribution in [0.15, 0.2) is 29.2 Å². The van der Waals surface area contributed by atoms with Gasteiger partial charge in [0.05, 0.1) is 18.3 Å². The average Bonchev–Trinajstić information content (AvgIpc) is 3.30. The molecule has 5 heteroatoms. The highest BCUT2D eigenvalue weighted by atomic mass is 32.2. The Labute approximate surface area is 154 Å². The van der Waals surface area contributed by atoms with Crippen molar-refractivity contribution in [3.63, 3.8) is 0 Å². The fourth-order valence-electron chi connectivity index (χ4n) is 3.42. The molecule has 1 aromatic rings. The van der Waals surface area contributed by atoms with Crippen LogP contribution in [0, 0.1) is 12.3 Å². The number of anilines is 1. The Kier molecular flexibility index (Phi) is 6.66. The Morgan fingerprint density at radius 2 is 2.08 bits per heavy atom. The lowest BCUT2D eigenvalue weighted by Crippen LogP contribution is -2.40. The number of nitrogens with zero attached hydrogens (tertiary/aromatic N) is 1. The lowest BCUT2D eigenvalue weighted by Gasteiger charge is -2.24. The molecule has 4 nitrogen and oxygen atoms in total. The molecule has 0 unspecified atom stereocenters. The van der Waals surface area contributed by atoms with Gasteiger partial charge in [0.25, 0.3) is 0 Å². The number of carbonyl (C=O) groups excluding carboxylic acids is 1. The van der Waals surface area contributed by atoms with E-state index in [0.717, 1.165) is 30.0 Å². The van der Waals surface area contributed by atoms with Crippen LogP contribution >= 0.6 is 11.8 Å². The number of hydrogen-bond donors (Lipinski definition) is 1. The summed E-state index contributed by atoms with van der Waals surface area (Å²) in [6.07, 6.45) is 12.7. The minimum absolute atomic E-state index is 0.0993. The normalized spacial score (nSPS) is 20.4.